The summed E-state index contributed by atoms with van der Waals surface area (Å²) in [5, 5.41) is -0.0288. The number of anilines is 1. The van der Waals surface area contributed by atoms with Crippen molar-refractivity contribution in [3.63, 3.8) is 0 Å². The molecular weight excluding hydrogens is 192 g/mol. The van der Waals surface area contributed by atoms with Crippen LogP contribution in [0.3, 0.4) is 0 Å². The molecule has 1 heterocycles. The fourth-order valence-corrected chi connectivity index (χ4v) is 1.03. The summed E-state index contributed by atoms with van der Waals surface area (Å²) in [7, 11) is 0. The van der Waals surface area contributed by atoms with Gasteiger partial charge in [-0.25, -0.2) is 4.98 Å². The van der Waals surface area contributed by atoms with Crippen LogP contribution in [0.4, 0.5) is 10.1 Å². The summed E-state index contributed by atoms with van der Waals surface area (Å²) in [6.07, 6.45) is 1.12. The van der Waals surface area contributed by atoms with Crippen LogP contribution in [0.15, 0.2) is 6.20 Å². The van der Waals surface area contributed by atoms with E-state index in [2.05, 4.69) is 10.4 Å². The van der Waals surface area contributed by atoms with Crippen LogP contribution < -0.4 is 11.3 Å². The Morgan fingerprint density at radius 2 is 2.18 bits per heavy atom. The normalized spacial score (nSPS) is 9.82. The molecule has 1 aromatic rings. The number of halogens is 3. The van der Waals surface area contributed by atoms with Crippen molar-refractivity contribution in [2.75, 3.05) is 5.43 Å². The highest BCUT2D eigenvalue weighted by Gasteiger charge is 2.09. The van der Waals surface area contributed by atoms with Gasteiger partial charge in [-0.3, -0.25) is 5.84 Å². The minimum atomic E-state index is -0.802. The molecule has 0 unspecified atom stereocenters. The van der Waals surface area contributed by atoms with Gasteiger partial charge in [0, 0.05) is 0 Å². The predicted molar refractivity (Wildman–Crippen MR) is 42.0 cm³/mol. The number of nitrogens with zero attached hydrogens (tertiary/aromatic N) is 1. The van der Waals surface area contributed by atoms with Crippen LogP contribution in [-0.4, -0.2) is 4.98 Å². The van der Waals surface area contributed by atoms with Crippen molar-refractivity contribution in [2.24, 2.45) is 5.84 Å². The van der Waals surface area contributed by atoms with E-state index in [0.29, 0.717) is 0 Å². The predicted octanol–water partition coefficient (Wildman–Crippen LogP) is 1.81. The Morgan fingerprint density at radius 1 is 1.55 bits per heavy atom. The lowest BCUT2D eigenvalue weighted by molar-refractivity contribution is 0.585. The Labute approximate surface area is 72.3 Å². The molecule has 0 spiro atoms. The number of nitrogens with two attached hydrogens (primary N) is 1. The zero-order valence-corrected chi connectivity index (χ0v) is 6.75. The molecule has 0 aliphatic heterocycles. The fraction of sp³-hybridized carbons (Fsp3) is 0. The van der Waals surface area contributed by atoms with E-state index in [-0.39, 0.29) is 15.7 Å². The van der Waals surface area contributed by atoms with Gasteiger partial charge in [0.1, 0.15) is 5.02 Å². The average Bonchev–Trinajstić information content (AvgIpc) is 1.99. The summed E-state index contributed by atoms with van der Waals surface area (Å²) in [6.45, 7) is 0. The molecule has 0 radical (unpaired) electrons. The highest BCUT2D eigenvalue weighted by Crippen LogP contribution is 2.29. The van der Waals surface area contributed by atoms with E-state index in [1.54, 1.807) is 0 Å². The first-order valence-electron chi connectivity index (χ1n) is 2.63. The maximum atomic E-state index is 12.5. The number of nitrogens with one attached hydrogen (secondary N) is 1. The van der Waals surface area contributed by atoms with Gasteiger partial charge in [0.25, 0.3) is 0 Å². The minimum absolute atomic E-state index is 0.140. The quantitative estimate of drug-likeness (QED) is 0.409. The van der Waals surface area contributed by atoms with Crippen LogP contribution in [0.2, 0.25) is 10.0 Å². The standard InChI is InChI=1S/C5H4Cl2FN3/c6-2-1-10-5(8)3(7)4(2)11-9/h1H,9H2,(H,10,11). The second-order valence-corrected chi connectivity index (χ2v) is 2.52. The van der Waals surface area contributed by atoms with Crippen LogP contribution in [-0.2, 0) is 0 Å². The minimum Gasteiger partial charge on any atom is -0.321 e. The summed E-state index contributed by atoms with van der Waals surface area (Å²) >= 11 is 11.0. The molecule has 60 valence electrons. The molecule has 0 aliphatic carbocycles. The lowest BCUT2D eigenvalue weighted by atomic mass is 10.4. The zero-order chi connectivity index (χ0) is 8.43. The molecule has 0 aromatic carbocycles. The van der Waals surface area contributed by atoms with Crippen molar-refractivity contribution in [3.05, 3.63) is 22.2 Å². The van der Waals surface area contributed by atoms with Crippen molar-refractivity contribution in [2.45, 2.75) is 0 Å². The maximum Gasteiger partial charge on any atom is 0.233 e. The topological polar surface area (TPSA) is 50.9 Å². The van der Waals surface area contributed by atoms with E-state index < -0.39 is 5.95 Å². The van der Waals surface area contributed by atoms with E-state index in [0.717, 1.165) is 6.20 Å². The Kier molecular flexibility index (Phi) is 2.49. The number of rotatable bonds is 1. The fourth-order valence-electron chi connectivity index (χ4n) is 0.575. The third-order valence-electron chi connectivity index (χ3n) is 1.08. The average molecular weight is 196 g/mol. The first-order chi connectivity index (χ1) is 5.16. The van der Waals surface area contributed by atoms with Gasteiger partial charge in [0.2, 0.25) is 5.95 Å². The molecule has 11 heavy (non-hydrogen) atoms. The Morgan fingerprint density at radius 3 is 2.64 bits per heavy atom. The number of hydrogen-bond acceptors (Lipinski definition) is 3. The molecule has 3 nitrogen and oxygen atoms in total. The molecule has 1 rings (SSSR count). The first-order valence-corrected chi connectivity index (χ1v) is 3.38. The molecular formula is C5H4Cl2FN3. The number of nitrogen functional groups attached to an aromatic ring is 1. The largest absolute Gasteiger partial charge is 0.321 e. The van der Waals surface area contributed by atoms with E-state index in [9.17, 15) is 4.39 Å². The molecule has 0 amide bonds. The molecule has 3 N–H and O–H groups in total. The number of pyridine rings is 1. The second kappa shape index (κ2) is 3.21. The molecule has 0 bridgehead atoms. The molecule has 0 fully saturated rings. The van der Waals surface area contributed by atoms with Crippen molar-refractivity contribution in [1.29, 1.82) is 0 Å². The lowest BCUT2D eigenvalue weighted by Gasteiger charge is -2.04. The SMILES string of the molecule is NNc1c(Cl)cnc(F)c1Cl. The van der Waals surface area contributed by atoms with Gasteiger partial charge in [-0.05, 0) is 0 Å². The molecule has 1 aromatic heterocycles. The van der Waals surface area contributed by atoms with Crippen LogP contribution >= 0.6 is 23.2 Å². The van der Waals surface area contributed by atoms with Gasteiger partial charge in [-0.15, -0.1) is 0 Å². The molecule has 0 saturated heterocycles. The smallest absolute Gasteiger partial charge is 0.233 e. The van der Waals surface area contributed by atoms with E-state index >= 15 is 0 Å². The van der Waals surface area contributed by atoms with Gasteiger partial charge >= 0.3 is 0 Å². The third kappa shape index (κ3) is 1.53. The van der Waals surface area contributed by atoms with E-state index in [1.807, 2.05) is 0 Å². The summed E-state index contributed by atoms with van der Waals surface area (Å²) in [4.78, 5) is 3.26. The monoisotopic (exact) mass is 195 g/mol. The van der Waals surface area contributed by atoms with Crippen molar-refractivity contribution in [3.8, 4) is 0 Å². The summed E-state index contributed by atoms with van der Waals surface area (Å²) < 4.78 is 12.5. The summed E-state index contributed by atoms with van der Waals surface area (Å²) in [5.74, 6) is 4.21. The van der Waals surface area contributed by atoms with Gasteiger partial charge in [0.15, 0.2) is 0 Å². The highest BCUT2D eigenvalue weighted by atomic mass is 35.5. The van der Waals surface area contributed by atoms with Gasteiger partial charge < -0.3 is 5.43 Å². The second-order valence-electron chi connectivity index (χ2n) is 1.73. The van der Waals surface area contributed by atoms with E-state index in [1.165, 1.54) is 0 Å². The Bertz CT molecular complexity index is 279. The van der Waals surface area contributed by atoms with Crippen LogP contribution in [0, 0.1) is 5.95 Å². The van der Waals surface area contributed by atoms with E-state index in [4.69, 9.17) is 29.0 Å². The zero-order valence-electron chi connectivity index (χ0n) is 5.24. The van der Waals surface area contributed by atoms with Crippen LogP contribution in [0.25, 0.3) is 0 Å². The Hall–Kier alpha value is -0.580. The van der Waals surface area contributed by atoms with Gasteiger partial charge in [-0.2, -0.15) is 4.39 Å². The van der Waals surface area contributed by atoms with Gasteiger partial charge in [-0.1, -0.05) is 23.2 Å². The summed E-state index contributed by atoms with van der Waals surface area (Å²) in [6, 6.07) is 0. The van der Waals surface area contributed by atoms with Crippen LogP contribution in [0.1, 0.15) is 0 Å². The first kappa shape index (κ1) is 8.52. The molecule has 6 heteroatoms. The third-order valence-corrected chi connectivity index (χ3v) is 1.71. The number of hydrazine groups is 1. The molecule has 0 saturated carbocycles. The van der Waals surface area contributed by atoms with Gasteiger partial charge in [0.05, 0.1) is 16.9 Å². The number of hydrogen-bond donors (Lipinski definition) is 2. The maximum absolute atomic E-state index is 12.5. The van der Waals surface area contributed by atoms with Crippen molar-refractivity contribution >= 4 is 28.9 Å². The van der Waals surface area contributed by atoms with Crippen molar-refractivity contribution < 1.29 is 4.39 Å². The molecule has 0 atom stereocenters. The Balaban J connectivity index is 3.29. The highest BCUT2D eigenvalue weighted by molar-refractivity contribution is 6.38. The number of aromatic nitrogens is 1. The van der Waals surface area contributed by atoms with Crippen molar-refractivity contribution in [1.82, 2.24) is 4.98 Å². The lowest BCUT2D eigenvalue weighted by Crippen LogP contribution is -2.08. The molecule has 0 aliphatic rings. The summed E-state index contributed by atoms with van der Waals surface area (Å²) in [5.41, 5.74) is 2.30. The van der Waals surface area contributed by atoms with Crippen LogP contribution in [0.5, 0.6) is 0 Å².